The summed E-state index contributed by atoms with van der Waals surface area (Å²) in [5.74, 6) is 0.506. The van der Waals surface area contributed by atoms with Crippen LogP contribution in [0.15, 0.2) is 24.3 Å². The first kappa shape index (κ1) is 19.0. The SMILES string of the molecule is CC(C)CN(C(=O)c1ccc(C(C)(C)C)cc1)C1CCS(=O)(=O)C1. The van der Waals surface area contributed by atoms with E-state index in [1.165, 1.54) is 5.56 Å². The molecular formula is C19H29NO3S. The van der Waals surface area contributed by atoms with Crippen molar-refractivity contribution in [3.05, 3.63) is 35.4 Å². The molecule has 0 radical (unpaired) electrons. The maximum absolute atomic E-state index is 13.0. The minimum atomic E-state index is -3.01. The van der Waals surface area contributed by atoms with Crippen LogP contribution in [-0.4, -0.2) is 43.3 Å². The second kappa shape index (κ2) is 6.87. The van der Waals surface area contributed by atoms with Gasteiger partial charge in [0.1, 0.15) is 0 Å². The van der Waals surface area contributed by atoms with Gasteiger partial charge in [0.05, 0.1) is 11.5 Å². The average molecular weight is 352 g/mol. The normalized spacial score (nSPS) is 20.3. The molecule has 1 amide bonds. The van der Waals surface area contributed by atoms with Crippen LogP contribution >= 0.6 is 0 Å². The number of rotatable bonds is 4. The minimum Gasteiger partial charge on any atom is -0.334 e. The Labute approximate surface area is 146 Å². The molecule has 1 aliphatic heterocycles. The zero-order valence-electron chi connectivity index (χ0n) is 15.4. The molecule has 1 heterocycles. The van der Waals surface area contributed by atoms with E-state index in [0.29, 0.717) is 24.4 Å². The molecular weight excluding hydrogens is 322 g/mol. The molecule has 2 rings (SSSR count). The third kappa shape index (κ3) is 4.59. The summed E-state index contributed by atoms with van der Waals surface area (Å²) >= 11 is 0. The minimum absolute atomic E-state index is 0.0404. The fraction of sp³-hybridized carbons (Fsp3) is 0.632. The summed E-state index contributed by atoms with van der Waals surface area (Å²) in [6.45, 7) is 11.1. The van der Waals surface area contributed by atoms with Crippen LogP contribution in [0, 0.1) is 5.92 Å². The lowest BCUT2D eigenvalue weighted by Gasteiger charge is -2.30. The molecule has 24 heavy (non-hydrogen) atoms. The van der Waals surface area contributed by atoms with Gasteiger partial charge in [-0.15, -0.1) is 0 Å². The lowest BCUT2D eigenvalue weighted by Crippen LogP contribution is -2.43. The highest BCUT2D eigenvalue weighted by Crippen LogP contribution is 2.24. The summed E-state index contributed by atoms with van der Waals surface area (Å²) in [4.78, 5) is 14.7. The van der Waals surface area contributed by atoms with E-state index in [-0.39, 0.29) is 28.9 Å². The number of benzene rings is 1. The van der Waals surface area contributed by atoms with Crippen molar-refractivity contribution in [2.24, 2.45) is 5.92 Å². The Morgan fingerprint density at radius 2 is 1.79 bits per heavy atom. The molecule has 0 aliphatic carbocycles. The summed E-state index contributed by atoms with van der Waals surface area (Å²) in [5, 5.41) is 0. The number of nitrogens with zero attached hydrogens (tertiary/aromatic N) is 1. The maximum atomic E-state index is 13.0. The van der Waals surface area contributed by atoms with Crippen LogP contribution in [0.3, 0.4) is 0 Å². The summed E-state index contributed by atoms with van der Waals surface area (Å²) < 4.78 is 23.6. The van der Waals surface area contributed by atoms with Crippen molar-refractivity contribution in [2.45, 2.75) is 52.5 Å². The van der Waals surface area contributed by atoms with Crippen LogP contribution in [0.25, 0.3) is 0 Å². The molecule has 1 saturated heterocycles. The average Bonchev–Trinajstić information content (AvgIpc) is 2.83. The summed E-state index contributed by atoms with van der Waals surface area (Å²) in [7, 11) is -3.01. The molecule has 1 fully saturated rings. The first-order valence-corrected chi connectivity index (χ1v) is 10.4. The maximum Gasteiger partial charge on any atom is 0.254 e. The number of hydrogen-bond acceptors (Lipinski definition) is 3. The van der Waals surface area contributed by atoms with Gasteiger partial charge in [-0.2, -0.15) is 0 Å². The smallest absolute Gasteiger partial charge is 0.254 e. The molecule has 4 nitrogen and oxygen atoms in total. The van der Waals surface area contributed by atoms with Crippen LogP contribution in [0.5, 0.6) is 0 Å². The molecule has 1 aromatic carbocycles. The standard InChI is InChI=1S/C19H29NO3S/c1-14(2)12-20(17-10-11-24(22,23)13-17)18(21)15-6-8-16(9-7-15)19(3,4)5/h6-9,14,17H,10-13H2,1-5H3. The van der Waals surface area contributed by atoms with E-state index in [1.54, 1.807) is 4.90 Å². The van der Waals surface area contributed by atoms with Crippen molar-refractivity contribution in [1.29, 1.82) is 0 Å². The molecule has 0 aromatic heterocycles. The summed E-state index contributed by atoms with van der Waals surface area (Å²) in [6, 6.07) is 7.50. The van der Waals surface area contributed by atoms with Crippen molar-refractivity contribution in [2.75, 3.05) is 18.1 Å². The Balaban J connectivity index is 2.24. The number of carbonyl (C=O) groups excluding carboxylic acids is 1. The van der Waals surface area contributed by atoms with Crippen molar-refractivity contribution >= 4 is 15.7 Å². The topological polar surface area (TPSA) is 54.5 Å². The number of hydrogen-bond donors (Lipinski definition) is 0. The van der Waals surface area contributed by atoms with E-state index < -0.39 is 9.84 Å². The van der Waals surface area contributed by atoms with Gasteiger partial charge in [0, 0.05) is 18.2 Å². The summed E-state index contributed by atoms with van der Waals surface area (Å²) in [5.41, 5.74) is 1.85. The first-order valence-electron chi connectivity index (χ1n) is 8.61. The van der Waals surface area contributed by atoms with Gasteiger partial charge in [0.25, 0.3) is 5.91 Å². The Bertz CT molecular complexity index is 684. The van der Waals surface area contributed by atoms with Crippen LogP contribution in [0.4, 0.5) is 0 Å². The third-order valence-corrected chi connectivity index (χ3v) is 6.22. The highest BCUT2D eigenvalue weighted by Gasteiger charge is 2.35. The van der Waals surface area contributed by atoms with Crippen molar-refractivity contribution in [1.82, 2.24) is 4.90 Å². The highest BCUT2D eigenvalue weighted by molar-refractivity contribution is 7.91. The molecule has 1 aliphatic rings. The molecule has 0 spiro atoms. The third-order valence-electron chi connectivity index (χ3n) is 4.47. The highest BCUT2D eigenvalue weighted by atomic mass is 32.2. The molecule has 5 heteroatoms. The molecule has 0 saturated carbocycles. The Morgan fingerprint density at radius 3 is 2.21 bits per heavy atom. The van der Waals surface area contributed by atoms with Crippen molar-refractivity contribution in [3.63, 3.8) is 0 Å². The molecule has 0 N–H and O–H groups in total. The van der Waals surface area contributed by atoms with Gasteiger partial charge in [0.2, 0.25) is 0 Å². The van der Waals surface area contributed by atoms with E-state index in [0.717, 1.165) is 0 Å². The lowest BCUT2D eigenvalue weighted by atomic mass is 9.86. The predicted octanol–water partition coefficient (Wildman–Crippen LogP) is 3.27. The second-order valence-electron chi connectivity index (χ2n) is 8.24. The van der Waals surface area contributed by atoms with Crippen molar-refractivity contribution < 1.29 is 13.2 Å². The van der Waals surface area contributed by atoms with E-state index in [2.05, 4.69) is 20.8 Å². The van der Waals surface area contributed by atoms with Gasteiger partial charge in [-0.3, -0.25) is 4.79 Å². The lowest BCUT2D eigenvalue weighted by molar-refractivity contribution is 0.0672. The van der Waals surface area contributed by atoms with Crippen LogP contribution in [0.1, 0.15) is 57.0 Å². The largest absolute Gasteiger partial charge is 0.334 e. The monoisotopic (exact) mass is 351 g/mol. The Hall–Kier alpha value is -1.36. The molecule has 134 valence electrons. The van der Waals surface area contributed by atoms with Gasteiger partial charge >= 0.3 is 0 Å². The second-order valence-corrected chi connectivity index (χ2v) is 10.5. The van der Waals surface area contributed by atoms with Crippen LogP contribution in [-0.2, 0) is 15.3 Å². The van der Waals surface area contributed by atoms with Gasteiger partial charge in [-0.25, -0.2) is 8.42 Å². The Kier molecular flexibility index (Phi) is 5.43. The number of carbonyl (C=O) groups is 1. The fourth-order valence-electron chi connectivity index (χ4n) is 3.09. The first-order chi connectivity index (χ1) is 11.0. The molecule has 0 bridgehead atoms. The van der Waals surface area contributed by atoms with E-state index in [1.807, 2.05) is 38.1 Å². The quantitative estimate of drug-likeness (QED) is 0.836. The number of sulfone groups is 1. The van der Waals surface area contributed by atoms with Crippen LogP contribution < -0.4 is 0 Å². The van der Waals surface area contributed by atoms with Crippen LogP contribution in [0.2, 0.25) is 0 Å². The predicted molar refractivity (Wildman–Crippen MR) is 98.1 cm³/mol. The summed E-state index contributed by atoms with van der Waals surface area (Å²) in [6.07, 6.45) is 0.543. The van der Waals surface area contributed by atoms with E-state index >= 15 is 0 Å². The number of amides is 1. The van der Waals surface area contributed by atoms with Gasteiger partial charge in [-0.1, -0.05) is 46.8 Å². The van der Waals surface area contributed by atoms with Gasteiger partial charge in [0.15, 0.2) is 9.84 Å². The van der Waals surface area contributed by atoms with E-state index in [9.17, 15) is 13.2 Å². The van der Waals surface area contributed by atoms with Crippen molar-refractivity contribution in [3.8, 4) is 0 Å². The molecule has 1 aromatic rings. The zero-order valence-corrected chi connectivity index (χ0v) is 16.2. The molecule has 1 atom stereocenters. The van der Waals surface area contributed by atoms with Gasteiger partial charge in [-0.05, 0) is 35.4 Å². The Morgan fingerprint density at radius 1 is 1.21 bits per heavy atom. The molecule has 1 unspecified atom stereocenters. The fourth-order valence-corrected chi connectivity index (χ4v) is 4.82. The van der Waals surface area contributed by atoms with E-state index in [4.69, 9.17) is 0 Å². The zero-order chi connectivity index (χ0) is 18.1. The van der Waals surface area contributed by atoms with Gasteiger partial charge < -0.3 is 4.90 Å².